The molecule has 21 heavy (non-hydrogen) atoms. The van der Waals surface area contributed by atoms with Crippen LogP contribution in [0.3, 0.4) is 0 Å². The van der Waals surface area contributed by atoms with Crippen molar-refractivity contribution in [1.29, 1.82) is 0 Å². The largest absolute Gasteiger partial charge is 0.444 e. The molecule has 1 aromatic carbocycles. The zero-order valence-corrected chi connectivity index (χ0v) is 12.8. The molecule has 0 aromatic heterocycles. The third kappa shape index (κ3) is 4.48. The van der Waals surface area contributed by atoms with Crippen LogP contribution in [0.5, 0.6) is 0 Å². The van der Waals surface area contributed by atoms with Crippen LogP contribution in [-0.4, -0.2) is 35.6 Å². The van der Waals surface area contributed by atoms with Crippen LogP contribution in [0, 0.1) is 0 Å². The SMILES string of the molecule is CC(C)(C)OC(=O)Nc1ccc(C(=O)N2CCCC2)cc1. The summed E-state index contributed by atoms with van der Waals surface area (Å²) in [6, 6.07) is 6.89. The van der Waals surface area contributed by atoms with Crippen molar-refractivity contribution in [3.63, 3.8) is 0 Å². The topological polar surface area (TPSA) is 58.6 Å². The van der Waals surface area contributed by atoms with Gasteiger partial charge in [-0.05, 0) is 57.9 Å². The second kappa shape index (κ2) is 6.16. The summed E-state index contributed by atoms with van der Waals surface area (Å²) in [5.41, 5.74) is 0.726. The number of amides is 2. The Morgan fingerprint density at radius 2 is 1.67 bits per heavy atom. The van der Waals surface area contributed by atoms with Gasteiger partial charge in [-0.2, -0.15) is 0 Å². The van der Waals surface area contributed by atoms with Crippen LogP contribution < -0.4 is 5.32 Å². The van der Waals surface area contributed by atoms with Gasteiger partial charge in [0.25, 0.3) is 5.91 Å². The second-order valence-corrected chi connectivity index (χ2v) is 6.20. The minimum absolute atomic E-state index is 0.0521. The Kier molecular flexibility index (Phi) is 4.50. The lowest BCUT2D eigenvalue weighted by Crippen LogP contribution is -2.28. The summed E-state index contributed by atoms with van der Waals surface area (Å²) in [6.45, 7) is 7.09. The minimum Gasteiger partial charge on any atom is -0.444 e. The van der Waals surface area contributed by atoms with Crippen molar-refractivity contribution in [3.05, 3.63) is 29.8 Å². The Hall–Kier alpha value is -2.04. The molecule has 0 saturated carbocycles. The number of nitrogens with one attached hydrogen (secondary N) is 1. The molecule has 0 atom stereocenters. The lowest BCUT2D eigenvalue weighted by Gasteiger charge is -2.20. The van der Waals surface area contributed by atoms with Gasteiger partial charge < -0.3 is 9.64 Å². The molecule has 1 heterocycles. The van der Waals surface area contributed by atoms with Crippen molar-refractivity contribution in [3.8, 4) is 0 Å². The highest BCUT2D eigenvalue weighted by Crippen LogP contribution is 2.16. The average Bonchev–Trinajstić information content (AvgIpc) is 2.90. The van der Waals surface area contributed by atoms with Gasteiger partial charge in [-0.1, -0.05) is 0 Å². The molecule has 5 heteroatoms. The first-order chi connectivity index (χ1) is 9.85. The molecule has 114 valence electrons. The summed E-state index contributed by atoms with van der Waals surface area (Å²) in [5, 5.41) is 2.65. The van der Waals surface area contributed by atoms with Gasteiger partial charge in [0.15, 0.2) is 0 Å². The van der Waals surface area contributed by atoms with E-state index in [-0.39, 0.29) is 5.91 Å². The third-order valence-electron chi connectivity index (χ3n) is 3.17. The molecule has 0 radical (unpaired) electrons. The Morgan fingerprint density at radius 3 is 2.19 bits per heavy atom. The van der Waals surface area contributed by atoms with Crippen molar-refractivity contribution < 1.29 is 14.3 Å². The number of anilines is 1. The number of hydrogen-bond donors (Lipinski definition) is 1. The van der Waals surface area contributed by atoms with E-state index in [9.17, 15) is 9.59 Å². The van der Waals surface area contributed by atoms with Crippen LogP contribution in [0.2, 0.25) is 0 Å². The van der Waals surface area contributed by atoms with E-state index >= 15 is 0 Å². The molecule has 2 rings (SSSR count). The van der Waals surface area contributed by atoms with Crippen molar-refractivity contribution in [2.24, 2.45) is 0 Å². The van der Waals surface area contributed by atoms with Gasteiger partial charge in [-0.15, -0.1) is 0 Å². The van der Waals surface area contributed by atoms with Crippen LogP contribution in [0.1, 0.15) is 44.0 Å². The number of carbonyl (C=O) groups is 2. The summed E-state index contributed by atoms with van der Waals surface area (Å²) in [4.78, 5) is 25.7. The molecule has 1 saturated heterocycles. The number of hydrogen-bond acceptors (Lipinski definition) is 3. The highest BCUT2D eigenvalue weighted by Gasteiger charge is 2.19. The normalized spacial score (nSPS) is 14.9. The molecule has 0 aliphatic carbocycles. The predicted octanol–water partition coefficient (Wildman–Crippen LogP) is 3.27. The zero-order chi connectivity index (χ0) is 15.5. The van der Waals surface area contributed by atoms with Gasteiger partial charge >= 0.3 is 6.09 Å². The van der Waals surface area contributed by atoms with Gasteiger partial charge in [0.1, 0.15) is 5.60 Å². The van der Waals surface area contributed by atoms with E-state index in [0.717, 1.165) is 25.9 Å². The Morgan fingerprint density at radius 1 is 1.10 bits per heavy atom. The maximum Gasteiger partial charge on any atom is 0.412 e. The lowest BCUT2D eigenvalue weighted by atomic mass is 10.2. The summed E-state index contributed by atoms with van der Waals surface area (Å²) >= 11 is 0. The van der Waals surface area contributed by atoms with Crippen molar-refractivity contribution in [1.82, 2.24) is 4.90 Å². The molecule has 1 aliphatic rings. The molecular weight excluding hydrogens is 268 g/mol. The van der Waals surface area contributed by atoms with E-state index in [4.69, 9.17) is 4.74 Å². The van der Waals surface area contributed by atoms with Crippen LogP contribution in [0.4, 0.5) is 10.5 Å². The van der Waals surface area contributed by atoms with E-state index in [0.29, 0.717) is 11.3 Å². The minimum atomic E-state index is -0.532. The number of likely N-dealkylation sites (tertiary alicyclic amines) is 1. The van der Waals surface area contributed by atoms with Gasteiger partial charge in [-0.3, -0.25) is 10.1 Å². The molecule has 0 spiro atoms. The molecule has 0 bridgehead atoms. The van der Waals surface area contributed by atoms with Gasteiger partial charge in [0.2, 0.25) is 0 Å². The van der Waals surface area contributed by atoms with E-state index < -0.39 is 11.7 Å². The maximum absolute atomic E-state index is 12.2. The first kappa shape index (κ1) is 15.4. The molecule has 1 aliphatic heterocycles. The Labute approximate surface area is 125 Å². The fraction of sp³-hybridized carbons (Fsp3) is 0.500. The fourth-order valence-corrected chi connectivity index (χ4v) is 2.22. The maximum atomic E-state index is 12.2. The standard InChI is InChI=1S/C16H22N2O3/c1-16(2,3)21-15(20)17-13-8-6-12(7-9-13)14(19)18-10-4-5-11-18/h6-9H,4-5,10-11H2,1-3H3,(H,17,20). The summed E-state index contributed by atoms with van der Waals surface area (Å²) in [5.74, 6) is 0.0521. The molecule has 1 fully saturated rings. The molecule has 1 aromatic rings. The summed E-state index contributed by atoms with van der Waals surface area (Å²) in [6.07, 6.45) is 1.65. The Bertz CT molecular complexity index is 511. The highest BCUT2D eigenvalue weighted by atomic mass is 16.6. The van der Waals surface area contributed by atoms with E-state index in [1.165, 1.54) is 0 Å². The molecule has 1 N–H and O–H groups in total. The second-order valence-electron chi connectivity index (χ2n) is 6.20. The first-order valence-electron chi connectivity index (χ1n) is 7.24. The predicted molar refractivity (Wildman–Crippen MR) is 81.4 cm³/mol. The van der Waals surface area contributed by atoms with Crippen molar-refractivity contribution in [2.45, 2.75) is 39.2 Å². The van der Waals surface area contributed by atoms with Crippen LogP contribution in [0.25, 0.3) is 0 Å². The zero-order valence-electron chi connectivity index (χ0n) is 12.8. The van der Waals surface area contributed by atoms with Crippen molar-refractivity contribution in [2.75, 3.05) is 18.4 Å². The number of carbonyl (C=O) groups excluding carboxylic acids is 2. The number of nitrogens with zero attached hydrogens (tertiary/aromatic N) is 1. The third-order valence-corrected chi connectivity index (χ3v) is 3.17. The van der Waals surface area contributed by atoms with Crippen LogP contribution in [-0.2, 0) is 4.74 Å². The Balaban J connectivity index is 1.95. The molecule has 2 amide bonds. The highest BCUT2D eigenvalue weighted by molar-refractivity contribution is 5.95. The van der Waals surface area contributed by atoms with Crippen LogP contribution >= 0.6 is 0 Å². The van der Waals surface area contributed by atoms with Gasteiger partial charge in [0, 0.05) is 24.3 Å². The molecular formula is C16H22N2O3. The van der Waals surface area contributed by atoms with Gasteiger partial charge in [-0.25, -0.2) is 4.79 Å². The van der Waals surface area contributed by atoms with Crippen molar-refractivity contribution >= 4 is 17.7 Å². The van der Waals surface area contributed by atoms with E-state index in [2.05, 4.69) is 5.32 Å². The summed E-state index contributed by atoms with van der Waals surface area (Å²) < 4.78 is 5.18. The smallest absolute Gasteiger partial charge is 0.412 e. The number of rotatable bonds is 2. The quantitative estimate of drug-likeness (QED) is 0.909. The summed E-state index contributed by atoms with van der Waals surface area (Å²) in [7, 11) is 0. The van der Waals surface area contributed by atoms with Crippen LogP contribution in [0.15, 0.2) is 24.3 Å². The first-order valence-corrected chi connectivity index (χ1v) is 7.24. The number of benzene rings is 1. The monoisotopic (exact) mass is 290 g/mol. The molecule has 0 unspecified atom stereocenters. The number of ether oxygens (including phenoxy) is 1. The molecule has 5 nitrogen and oxygen atoms in total. The van der Waals surface area contributed by atoms with E-state index in [1.54, 1.807) is 24.3 Å². The fourth-order valence-electron chi connectivity index (χ4n) is 2.22. The van der Waals surface area contributed by atoms with E-state index in [1.807, 2.05) is 25.7 Å². The average molecular weight is 290 g/mol. The van der Waals surface area contributed by atoms with Gasteiger partial charge in [0.05, 0.1) is 0 Å². The lowest BCUT2D eigenvalue weighted by molar-refractivity contribution is 0.0635.